The van der Waals surface area contributed by atoms with Gasteiger partial charge >= 0.3 is 11.4 Å². The summed E-state index contributed by atoms with van der Waals surface area (Å²) in [4.78, 5) is 21.8. The zero-order valence-electron chi connectivity index (χ0n) is 3.62. The van der Waals surface area contributed by atoms with Gasteiger partial charge in [0.25, 0.3) is 0 Å². The predicted molar refractivity (Wildman–Crippen MR) is 22.0 cm³/mol. The number of aromatic nitrogens is 3. The molecule has 1 radical (unpaired) electrons. The first kappa shape index (κ1) is 7.48. The van der Waals surface area contributed by atoms with Gasteiger partial charge < -0.3 is 0 Å². The zero-order valence-corrected chi connectivity index (χ0v) is 5.10. The molecule has 0 spiro atoms. The Kier molecular flexibility index (Phi) is 2.53. The van der Waals surface area contributed by atoms with Gasteiger partial charge in [-0.1, -0.05) is 0 Å². The van der Waals surface area contributed by atoms with Gasteiger partial charge in [-0.05, 0) is 0 Å². The molecule has 0 aromatic carbocycles. The van der Waals surface area contributed by atoms with Gasteiger partial charge in [-0.2, -0.15) is 0 Å². The van der Waals surface area contributed by atoms with Gasteiger partial charge in [0.2, 0.25) is 0 Å². The number of hydrogen-bond acceptors (Lipinski definition) is 2. The standard InChI is InChI=1S/C2H3N3O2.Ag/c6-1-3-2(7)5-4-1;/h(H3,3,4,5,6,7);. The molecule has 49 valence electrons. The van der Waals surface area contributed by atoms with Crippen LogP contribution in [0.1, 0.15) is 0 Å². The fraction of sp³-hybridized carbons (Fsp3) is 0. The number of aromatic amines is 3. The summed E-state index contributed by atoms with van der Waals surface area (Å²) in [6, 6.07) is 0. The number of nitrogens with one attached hydrogen (secondary N) is 3. The molecule has 1 aromatic heterocycles. The summed E-state index contributed by atoms with van der Waals surface area (Å²) in [5, 5.41) is 4.04. The van der Waals surface area contributed by atoms with E-state index in [0.717, 1.165) is 0 Å². The first-order chi connectivity index (χ1) is 3.29. The topological polar surface area (TPSA) is 81.5 Å². The van der Waals surface area contributed by atoms with Crippen LogP contribution in [-0.2, 0) is 22.4 Å². The number of hydrogen-bond donors (Lipinski definition) is 3. The minimum Gasteiger partial charge on any atom is -0.257 e. The molecule has 0 saturated heterocycles. The van der Waals surface area contributed by atoms with Crippen LogP contribution in [-0.4, -0.2) is 15.2 Å². The van der Waals surface area contributed by atoms with E-state index in [-0.39, 0.29) is 22.4 Å². The maximum atomic E-state index is 9.95. The fourth-order valence-corrected chi connectivity index (χ4v) is 0.279. The normalized spacial score (nSPS) is 8.00. The van der Waals surface area contributed by atoms with E-state index in [4.69, 9.17) is 0 Å². The summed E-state index contributed by atoms with van der Waals surface area (Å²) >= 11 is 0. The molecule has 5 nitrogen and oxygen atoms in total. The van der Waals surface area contributed by atoms with Crippen molar-refractivity contribution in [3.63, 3.8) is 0 Å². The van der Waals surface area contributed by atoms with Crippen molar-refractivity contribution in [2.75, 3.05) is 0 Å². The minimum absolute atomic E-state index is 0. The smallest absolute Gasteiger partial charge is 0.257 e. The molecule has 0 aliphatic rings. The van der Waals surface area contributed by atoms with Crippen molar-refractivity contribution in [1.82, 2.24) is 15.2 Å². The Bertz CT molecular complexity index is 220. The third-order valence-electron chi connectivity index (χ3n) is 0.517. The Morgan fingerprint density at radius 1 is 1.00 bits per heavy atom. The third kappa shape index (κ3) is 1.53. The molecule has 0 fully saturated rings. The zero-order chi connectivity index (χ0) is 5.28. The molecule has 0 unspecified atom stereocenters. The summed E-state index contributed by atoms with van der Waals surface area (Å²) in [5.74, 6) is 0. The molecule has 0 atom stereocenters. The molecule has 1 aromatic rings. The Morgan fingerprint density at radius 2 is 1.38 bits per heavy atom. The SMILES string of the molecule is O=c1[nH][nH]c(=O)[nH]1.[Ag]. The summed E-state index contributed by atoms with van der Waals surface area (Å²) in [5.41, 5.74) is -1.02. The van der Waals surface area contributed by atoms with Crippen LogP contribution in [0, 0.1) is 0 Å². The average molecular weight is 209 g/mol. The molecule has 0 aliphatic heterocycles. The van der Waals surface area contributed by atoms with E-state index in [9.17, 15) is 9.59 Å². The van der Waals surface area contributed by atoms with Crippen LogP contribution in [0.3, 0.4) is 0 Å². The number of H-pyrrole nitrogens is 3. The predicted octanol–water partition coefficient (Wildman–Crippen LogP) is -1.61. The molecule has 1 heterocycles. The molecule has 0 saturated carbocycles. The summed E-state index contributed by atoms with van der Waals surface area (Å²) in [7, 11) is 0. The second-order valence-corrected chi connectivity index (χ2v) is 1.03. The van der Waals surface area contributed by atoms with Gasteiger partial charge in [0.05, 0.1) is 0 Å². The van der Waals surface area contributed by atoms with Crippen LogP contribution in [0.5, 0.6) is 0 Å². The Hall–Kier alpha value is -0.520. The fourth-order valence-electron chi connectivity index (χ4n) is 0.279. The van der Waals surface area contributed by atoms with E-state index in [1.165, 1.54) is 0 Å². The van der Waals surface area contributed by atoms with E-state index in [0.29, 0.717) is 0 Å². The van der Waals surface area contributed by atoms with E-state index in [1.807, 2.05) is 15.2 Å². The van der Waals surface area contributed by atoms with Gasteiger partial charge in [0, 0.05) is 22.4 Å². The van der Waals surface area contributed by atoms with Gasteiger partial charge in [-0.25, -0.2) is 19.8 Å². The van der Waals surface area contributed by atoms with Crippen LogP contribution >= 0.6 is 0 Å². The summed E-state index contributed by atoms with van der Waals surface area (Å²) in [6.07, 6.45) is 0. The molecule has 0 bridgehead atoms. The van der Waals surface area contributed by atoms with Gasteiger partial charge in [-0.3, -0.25) is 4.98 Å². The average Bonchev–Trinajstić information content (AvgIpc) is 1.87. The van der Waals surface area contributed by atoms with E-state index in [2.05, 4.69) is 0 Å². The molecule has 8 heavy (non-hydrogen) atoms. The van der Waals surface area contributed by atoms with Crippen LogP contribution in [0.4, 0.5) is 0 Å². The van der Waals surface area contributed by atoms with Crippen molar-refractivity contribution >= 4 is 0 Å². The molecule has 0 amide bonds. The molecule has 6 heteroatoms. The largest absolute Gasteiger partial charge is 0.341 e. The van der Waals surface area contributed by atoms with Gasteiger partial charge in [0.15, 0.2) is 0 Å². The monoisotopic (exact) mass is 208 g/mol. The third-order valence-corrected chi connectivity index (χ3v) is 0.517. The van der Waals surface area contributed by atoms with Crippen LogP contribution in [0.2, 0.25) is 0 Å². The Morgan fingerprint density at radius 3 is 1.50 bits per heavy atom. The van der Waals surface area contributed by atoms with E-state index in [1.54, 1.807) is 0 Å². The molecule has 3 N–H and O–H groups in total. The second-order valence-electron chi connectivity index (χ2n) is 1.03. The van der Waals surface area contributed by atoms with Crippen molar-refractivity contribution in [3.05, 3.63) is 21.0 Å². The Balaban J connectivity index is 0.000000490. The van der Waals surface area contributed by atoms with E-state index < -0.39 is 11.4 Å². The molecule has 0 aliphatic carbocycles. The van der Waals surface area contributed by atoms with Crippen LogP contribution in [0.15, 0.2) is 9.59 Å². The first-order valence-corrected chi connectivity index (χ1v) is 1.66. The maximum Gasteiger partial charge on any atom is 0.341 e. The first-order valence-electron chi connectivity index (χ1n) is 1.66. The van der Waals surface area contributed by atoms with Crippen molar-refractivity contribution in [1.29, 1.82) is 0 Å². The molecular formula is C2H3AgN3O2. The quantitative estimate of drug-likeness (QED) is 0.449. The number of rotatable bonds is 0. The van der Waals surface area contributed by atoms with Crippen LogP contribution in [0.25, 0.3) is 0 Å². The second kappa shape index (κ2) is 2.71. The van der Waals surface area contributed by atoms with Crippen molar-refractivity contribution in [2.24, 2.45) is 0 Å². The summed E-state index contributed by atoms with van der Waals surface area (Å²) < 4.78 is 0. The van der Waals surface area contributed by atoms with Crippen molar-refractivity contribution in [3.8, 4) is 0 Å². The minimum atomic E-state index is -0.509. The van der Waals surface area contributed by atoms with Crippen molar-refractivity contribution < 1.29 is 22.4 Å². The maximum absolute atomic E-state index is 9.95. The van der Waals surface area contributed by atoms with Crippen molar-refractivity contribution in [2.45, 2.75) is 0 Å². The molecule has 1 rings (SSSR count). The summed E-state index contributed by atoms with van der Waals surface area (Å²) in [6.45, 7) is 0. The van der Waals surface area contributed by atoms with Gasteiger partial charge in [-0.15, -0.1) is 0 Å². The molecular weight excluding hydrogens is 206 g/mol. The Labute approximate surface area is 59.0 Å². The van der Waals surface area contributed by atoms with Crippen LogP contribution < -0.4 is 11.4 Å². The van der Waals surface area contributed by atoms with Gasteiger partial charge in [0.1, 0.15) is 0 Å². The van der Waals surface area contributed by atoms with E-state index >= 15 is 0 Å².